The van der Waals surface area contributed by atoms with E-state index >= 15 is 0 Å². The molecule has 4 rings (SSSR count). The zero-order valence-corrected chi connectivity index (χ0v) is 19.9. The number of piperidine rings is 1. The standard InChI is InChI=1S/C24H28ClN3O4S/c25-18-11-12-21(24(30)28-13-4-1-5-14-28)22(16-18)26-23(29)17-7-6-10-20(15-17)33(31,32)27-19-8-2-3-9-19/h6-7,10-12,15-16,19,27H,1-5,8-9,13-14H2,(H,26,29). The van der Waals surface area contributed by atoms with Gasteiger partial charge < -0.3 is 10.2 Å². The number of sulfonamides is 1. The van der Waals surface area contributed by atoms with Crippen molar-refractivity contribution in [2.45, 2.75) is 55.9 Å². The van der Waals surface area contributed by atoms with Gasteiger partial charge in [-0.05, 0) is 68.5 Å². The largest absolute Gasteiger partial charge is 0.339 e. The number of hydrogen-bond donors (Lipinski definition) is 2. The molecule has 2 aromatic rings. The molecule has 2 aromatic carbocycles. The molecule has 1 heterocycles. The van der Waals surface area contributed by atoms with Gasteiger partial charge in [-0.15, -0.1) is 0 Å². The molecule has 2 N–H and O–H groups in total. The fourth-order valence-corrected chi connectivity index (χ4v) is 5.93. The van der Waals surface area contributed by atoms with Crippen LogP contribution in [0.5, 0.6) is 0 Å². The molecule has 33 heavy (non-hydrogen) atoms. The van der Waals surface area contributed by atoms with Crippen LogP contribution in [0.4, 0.5) is 5.69 Å². The minimum Gasteiger partial charge on any atom is -0.339 e. The van der Waals surface area contributed by atoms with Crippen LogP contribution in [-0.2, 0) is 10.0 Å². The van der Waals surface area contributed by atoms with E-state index in [4.69, 9.17) is 11.6 Å². The second-order valence-electron chi connectivity index (χ2n) is 8.63. The molecule has 1 saturated carbocycles. The highest BCUT2D eigenvalue weighted by atomic mass is 35.5. The van der Waals surface area contributed by atoms with Crippen molar-refractivity contribution in [2.24, 2.45) is 0 Å². The van der Waals surface area contributed by atoms with E-state index in [1.807, 2.05) is 0 Å². The first-order valence-electron chi connectivity index (χ1n) is 11.4. The molecular formula is C24H28ClN3O4S. The summed E-state index contributed by atoms with van der Waals surface area (Å²) in [7, 11) is -3.73. The van der Waals surface area contributed by atoms with Crippen molar-refractivity contribution >= 4 is 39.1 Å². The molecule has 0 bridgehead atoms. The average molecular weight is 490 g/mol. The van der Waals surface area contributed by atoms with E-state index in [1.165, 1.54) is 18.2 Å². The quantitative estimate of drug-likeness (QED) is 0.627. The summed E-state index contributed by atoms with van der Waals surface area (Å²) in [6.07, 6.45) is 6.67. The molecule has 2 aliphatic rings. The van der Waals surface area contributed by atoms with Gasteiger partial charge in [0.05, 0.1) is 16.1 Å². The van der Waals surface area contributed by atoms with Gasteiger partial charge in [0.25, 0.3) is 11.8 Å². The van der Waals surface area contributed by atoms with E-state index in [0.717, 1.165) is 44.9 Å². The van der Waals surface area contributed by atoms with Gasteiger partial charge >= 0.3 is 0 Å². The third-order valence-corrected chi connectivity index (χ3v) is 7.94. The van der Waals surface area contributed by atoms with Crippen LogP contribution in [0.2, 0.25) is 5.02 Å². The van der Waals surface area contributed by atoms with Crippen LogP contribution >= 0.6 is 11.6 Å². The summed E-state index contributed by atoms with van der Waals surface area (Å²) in [5, 5.41) is 3.14. The van der Waals surface area contributed by atoms with Gasteiger partial charge in [0.1, 0.15) is 0 Å². The van der Waals surface area contributed by atoms with Gasteiger partial charge in [0.15, 0.2) is 0 Å². The van der Waals surface area contributed by atoms with E-state index in [-0.39, 0.29) is 22.4 Å². The zero-order chi connectivity index (χ0) is 23.4. The Morgan fingerprint density at radius 1 is 0.939 bits per heavy atom. The van der Waals surface area contributed by atoms with E-state index in [2.05, 4.69) is 10.0 Å². The molecule has 2 amide bonds. The summed E-state index contributed by atoms with van der Waals surface area (Å²) in [5.74, 6) is -0.665. The molecule has 0 radical (unpaired) electrons. The van der Waals surface area contributed by atoms with Gasteiger partial charge in [-0.3, -0.25) is 9.59 Å². The van der Waals surface area contributed by atoms with Crippen molar-refractivity contribution in [1.82, 2.24) is 9.62 Å². The molecule has 0 unspecified atom stereocenters. The molecule has 0 atom stereocenters. The number of carbonyl (C=O) groups excluding carboxylic acids is 2. The molecule has 1 aliphatic carbocycles. The highest BCUT2D eigenvalue weighted by Crippen LogP contribution is 2.25. The Morgan fingerprint density at radius 2 is 1.67 bits per heavy atom. The predicted octanol–water partition coefficient (Wildman–Crippen LogP) is 4.44. The predicted molar refractivity (Wildman–Crippen MR) is 128 cm³/mol. The number of halogens is 1. The first-order valence-corrected chi connectivity index (χ1v) is 13.2. The van der Waals surface area contributed by atoms with Crippen LogP contribution < -0.4 is 10.0 Å². The first kappa shape index (κ1) is 23.7. The monoisotopic (exact) mass is 489 g/mol. The first-order chi connectivity index (χ1) is 15.8. The van der Waals surface area contributed by atoms with Gasteiger partial charge in [-0.2, -0.15) is 0 Å². The van der Waals surface area contributed by atoms with E-state index in [9.17, 15) is 18.0 Å². The van der Waals surface area contributed by atoms with E-state index in [1.54, 1.807) is 29.2 Å². The fourth-order valence-electron chi connectivity index (χ4n) is 4.40. The van der Waals surface area contributed by atoms with Gasteiger partial charge in [-0.1, -0.05) is 30.5 Å². The topological polar surface area (TPSA) is 95.6 Å². The van der Waals surface area contributed by atoms with Crippen molar-refractivity contribution in [3.63, 3.8) is 0 Å². The van der Waals surface area contributed by atoms with Crippen molar-refractivity contribution < 1.29 is 18.0 Å². The number of amides is 2. The van der Waals surface area contributed by atoms with Gasteiger partial charge in [-0.25, -0.2) is 13.1 Å². The van der Waals surface area contributed by atoms with Crippen LogP contribution in [0.25, 0.3) is 0 Å². The molecule has 176 valence electrons. The lowest BCUT2D eigenvalue weighted by atomic mass is 10.1. The maximum Gasteiger partial charge on any atom is 0.255 e. The zero-order valence-electron chi connectivity index (χ0n) is 18.3. The second-order valence-corrected chi connectivity index (χ2v) is 10.8. The Balaban J connectivity index is 1.54. The molecule has 1 aliphatic heterocycles. The highest BCUT2D eigenvalue weighted by molar-refractivity contribution is 7.89. The number of likely N-dealkylation sites (tertiary alicyclic amines) is 1. The third kappa shape index (κ3) is 5.75. The smallest absolute Gasteiger partial charge is 0.255 e. The third-order valence-electron chi connectivity index (χ3n) is 6.19. The number of carbonyl (C=O) groups is 2. The maximum atomic E-state index is 13.0. The Labute approximate surface area is 199 Å². The lowest BCUT2D eigenvalue weighted by Crippen LogP contribution is -2.36. The van der Waals surface area contributed by atoms with Gasteiger partial charge in [0, 0.05) is 29.7 Å². The number of anilines is 1. The average Bonchev–Trinajstić information content (AvgIpc) is 3.32. The fraction of sp³-hybridized carbons (Fsp3) is 0.417. The summed E-state index contributed by atoms with van der Waals surface area (Å²) in [5.41, 5.74) is 0.849. The number of hydrogen-bond acceptors (Lipinski definition) is 4. The molecule has 0 spiro atoms. The Hall–Kier alpha value is -2.42. The number of nitrogens with one attached hydrogen (secondary N) is 2. The van der Waals surface area contributed by atoms with Crippen LogP contribution in [0.15, 0.2) is 47.4 Å². The summed E-state index contributed by atoms with van der Waals surface area (Å²) >= 11 is 6.14. The van der Waals surface area contributed by atoms with Crippen LogP contribution in [0.1, 0.15) is 65.7 Å². The SMILES string of the molecule is O=C(Nc1cc(Cl)ccc1C(=O)N1CCCCC1)c1cccc(S(=O)(=O)NC2CCCC2)c1. The highest BCUT2D eigenvalue weighted by Gasteiger charge is 2.25. The molecule has 0 aromatic heterocycles. The molecule has 7 nitrogen and oxygen atoms in total. The van der Waals surface area contributed by atoms with Crippen molar-refractivity contribution in [3.8, 4) is 0 Å². The molecular weight excluding hydrogens is 462 g/mol. The normalized spacial score (nSPS) is 17.2. The number of nitrogens with zero attached hydrogens (tertiary/aromatic N) is 1. The lowest BCUT2D eigenvalue weighted by Gasteiger charge is -2.27. The number of rotatable bonds is 6. The van der Waals surface area contributed by atoms with Crippen LogP contribution in [0, 0.1) is 0 Å². The summed E-state index contributed by atoms with van der Waals surface area (Å²) in [4.78, 5) is 27.9. The Kier molecular flexibility index (Phi) is 7.36. The maximum absolute atomic E-state index is 13.0. The number of benzene rings is 2. The van der Waals surface area contributed by atoms with Crippen molar-refractivity contribution in [2.75, 3.05) is 18.4 Å². The Bertz CT molecular complexity index is 1140. The molecule has 2 fully saturated rings. The van der Waals surface area contributed by atoms with E-state index in [0.29, 0.717) is 29.4 Å². The molecule has 1 saturated heterocycles. The second kappa shape index (κ2) is 10.2. The minimum absolute atomic E-state index is 0.0396. The lowest BCUT2D eigenvalue weighted by molar-refractivity contribution is 0.0725. The minimum atomic E-state index is -3.73. The van der Waals surface area contributed by atoms with Gasteiger partial charge in [0.2, 0.25) is 10.0 Å². The van der Waals surface area contributed by atoms with Crippen molar-refractivity contribution in [1.29, 1.82) is 0 Å². The molecule has 9 heteroatoms. The summed E-state index contributed by atoms with van der Waals surface area (Å²) < 4.78 is 28.3. The van der Waals surface area contributed by atoms with Crippen LogP contribution in [-0.4, -0.2) is 44.3 Å². The summed E-state index contributed by atoms with van der Waals surface area (Å²) in [6, 6.07) is 10.6. The van der Waals surface area contributed by atoms with Crippen molar-refractivity contribution in [3.05, 3.63) is 58.6 Å². The van der Waals surface area contributed by atoms with Crippen LogP contribution in [0.3, 0.4) is 0 Å². The van der Waals surface area contributed by atoms with E-state index < -0.39 is 15.9 Å². The Morgan fingerprint density at radius 3 is 2.39 bits per heavy atom. The summed E-state index contributed by atoms with van der Waals surface area (Å²) in [6.45, 7) is 1.37.